The van der Waals surface area contributed by atoms with Crippen LogP contribution in [0.3, 0.4) is 0 Å². The molecule has 0 aliphatic rings. The van der Waals surface area contributed by atoms with Gasteiger partial charge in [0.2, 0.25) is 0 Å². The zero-order valence-corrected chi connectivity index (χ0v) is 8.59. The molecule has 62 valence electrons. The van der Waals surface area contributed by atoms with Gasteiger partial charge in [-0.15, -0.1) is 0 Å². The zero-order chi connectivity index (χ0) is 8.72. The minimum atomic E-state index is 1.11. The van der Waals surface area contributed by atoms with Crippen molar-refractivity contribution in [1.29, 1.82) is 0 Å². The Hall–Kier alpha value is -0.830. The van der Waals surface area contributed by atoms with Gasteiger partial charge in [-0.05, 0) is 47.0 Å². The molecule has 2 aromatic rings. The summed E-state index contributed by atoms with van der Waals surface area (Å²) >= 11 is 3.52. The standard InChI is InChI=1S/C9H9BrN2/c1-6-3-8(10)9-7(2)4-11-12(9)5-6/h3-5H,1-2H3. The highest BCUT2D eigenvalue weighted by atomic mass is 79.9. The minimum absolute atomic E-state index is 1.11. The molecule has 0 spiro atoms. The van der Waals surface area contributed by atoms with E-state index >= 15 is 0 Å². The topological polar surface area (TPSA) is 17.3 Å². The molecule has 0 aromatic carbocycles. The second-order valence-corrected chi connectivity index (χ2v) is 3.84. The van der Waals surface area contributed by atoms with Gasteiger partial charge in [-0.25, -0.2) is 4.52 Å². The lowest BCUT2D eigenvalue weighted by Crippen LogP contribution is -1.88. The van der Waals surface area contributed by atoms with E-state index in [1.54, 1.807) is 0 Å². The van der Waals surface area contributed by atoms with Crippen molar-refractivity contribution in [3.63, 3.8) is 0 Å². The summed E-state index contributed by atoms with van der Waals surface area (Å²) in [7, 11) is 0. The zero-order valence-electron chi connectivity index (χ0n) is 7.00. The summed E-state index contributed by atoms with van der Waals surface area (Å²) in [6.45, 7) is 4.11. The maximum Gasteiger partial charge on any atom is 0.0832 e. The molecule has 2 nitrogen and oxygen atoms in total. The maximum atomic E-state index is 4.23. The van der Waals surface area contributed by atoms with Gasteiger partial charge in [-0.3, -0.25) is 0 Å². The Morgan fingerprint density at radius 1 is 1.42 bits per heavy atom. The number of pyridine rings is 1. The fourth-order valence-corrected chi connectivity index (χ4v) is 2.20. The van der Waals surface area contributed by atoms with Crippen LogP contribution in [0.2, 0.25) is 0 Å². The van der Waals surface area contributed by atoms with Gasteiger partial charge in [0.05, 0.1) is 11.7 Å². The predicted molar refractivity (Wildman–Crippen MR) is 52.4 cm³/mol. The van der Waals surface area contributed by atoms with Crippen molar-refractivity contribution in [2.24, 2.45) is 0 Å². The number of hydrogen-bond donors (Lipinski definition) is 0. The molecule has 12 heavy (non-hydrogen) atoms. The molecular weight excluding hydrogens is 216 g/mol. The van der Waals surface area contributed by atoms with Gasteiger partial charge in [0.1, 0.15) is 0 Å². The van der Waals surface area contributed by atoms with Crippen LogP contribution in [0.15, 0.2) is 22.9 Å². The third-order valence-electron chi connectivity index (χ3n) is 1.88. The largest absolute Gasteiger partial charge is 0.239 e. The SMILES string of the molecule is Cc1cc(Br)c2c(C)cnn2c1. The molecule has 2 heterocycles. The second kappa shape index (κ2) is 2.59. The van der Waals surface area contributed by atoms with Crippen molar-refractivity contribution >= 4 is 21.4 Å². The Kier molecular flexibility index (Phi) is 1.68. The molecule has 0 aliphatic heterocycles. The molecule has 2 rings (SSSR count). The molecule has 3 heteroatoms. The molecule has 0 fully saturated rings. The van der Waals surface area contributed by atoms with Gasteiger partial charge in [0.15, 0.2) is 0 Å². The fourth-order valence-electron chi connectivity index (χ4n) is 1.34. The molecule has 0 radical (unpaired) electrons. The molecule has 0 unspecified atom stereocenters. The average Bonchev–Trinajstić information content (AvgIpc) is 2.31. The molecule has 0 N–H and O–H groups in total. The molecular formula is C9H9BrN2. The van der Waals surface area contributed by atoms with Gasteiger partial charge in [-0.2, -0.15) is 5.10 Å². The lowest BCUT2D eigenvalue weighted by atomic mass is 10.2. The smallest absolute Gasteiger partial charge is 0.0832 e. The fraction of sp³-hybridized carbons (Fsp3) is 0.222. The first kappa shape index (κ1) is 7.80. The van der Waals surface area contributed by atoms with Crippen molar-refractivity contribution in [1.82, 2.24) is 9.61 Å². The molecule has 0 bridgehead atoms. The van der Waals surface area contributed by atoms with Crippen LogP contribution in [0.25, 0.3) is 5.52 Å². The van der Waals surface area contributed by atoms with E-state index < -0.39 is 0 Å². The number of aromatic nitrogens is 2. The first-order valence-corrected chi connectivity index (χ1v) is 4.58. The van der Waals surface area contributed by atoms with E-state index in [-0.39, 0.29) is 0 Å². The monoisotopic (exact) mass is 224 g/mol. The van der Waals surface area contributed by atoms with E-state index in [0.717, 1.165) is 9.99 Å². The van der Waals surface area contributed by atoms with E-state index in [9.17, 15) is 0 Å². The summed E-state index contributed by atoms with van der Waals surface area (Å²) in [6, 6.07) is 2.10. The van der Waals surface area contributed by atoms with Crippen molar-refractivity contribution in [3.05, 3.63) is 34.1 Å². The van der Waals surface area contributed by atoms with Crippen molar-refractivity contribution in [2.75, 3.05) is 0 Å². The van der Waals surface area contributed by atoms with Gasteiger partial charge in [-0.1, -0.05) is 0 Å². The summed E-state index contributed by atoms with van der Waals surface area (Å²) in [4.78, 5) is 0. The lowest BCUT2D eigenvalue weighted by molar-refractivity contribution is 0.949. The number of rotatable bonds is 0. The van der Waals surface area contributed by atoms with E-state index in [4.69, 9.17) is 0 Å². The van der Waals surface area contributed by atoms with Crippen LogP contribution in [0.4, 0.5) is 0 Å². The number of nitrogens with zero attached hydrogens (tertiary/aromatic N) is 2. The van der Waals surface area contributed by atoms with E-state index in [2.05, 4.69) is 40.9 Å². The Morgan fingerprint density at radius 2 is 2.17 bits per heavy atom. The quantitative estimate of drug-likeness (QED) is 0.673. The van der Waals surface area contributed by atoms with Crippen LogP contribution in [0.1, 0.15) is 11.1 Å². The van der Waals surface area contributed by atoms with Crippen molar-refractivity contribution in [2.45, 2.75) is 13.8 Å². The highest BCUT2D eigenvalue weighted by Crippen LogP contribution is 2.21. The summed E-state index contributed by atoms with van der Waals surface area (Å²) < 4.78 is 3.01. The van der Waals surface area contributed by atoms with Crippen LogP contribution in [-0.4, -0.2) is 9.61 Å². The number of fused-ring (bicyclic) bond motifs is 1. The van der Waals surface area contributed by atoms with Crippen LogP contribution in [-0.2, 0) is 0 Å². The number of halogens is 1. The average molecular weight is 225 g/mol. The van der Waals surface area contributed by atoms with Crippen molar-refractivity contribution < 1.29 is 0 Å². The van der Waals surface area contributed by atoms with Gasteiger partial charge >= 0.3 is 0 Å². The third-order valence-corrected chi connectivity index (χ3v) is 2.49. The van der Waals surface area contributed by atoms with Crippen LogP contribution in [0.5, 0.6) is 0 Å². The first-order chi connectivity index (χ1) is 5.68. The van der Waals surface area contributed by atoms with Gasteiger partial charge in [0, 0.05) is 10.7 Å². The van der Waals surface area contributed by atoms with Crippen LogP contribution in [0, 0.1) is 13.8 Å². The highest BCUT2D eigenvalue weighted by Gasteiger charge is 2.03. The summed E-state index contributed by atoms with van der Waals surface area (Å²) in [5.41, 5.74) is 3.56. The van der Waals surface area contributed by atoms with Crippen LogP contribution < -0.4 is 0 Å². The Balaban J connectivity index is 2.93. The normalized spacial score (nSPS) is 10.9. The first-order valence-electron chi connectivity index (χ1n) is 3.78. The van der Waals surface area contributed by atoms with E-state index in [1.165, 1.54) is 11.1 Å². The molecule has 0 atom stereocenters. The van der Waals surface area contributed by atoms with Gasteiger partial charge in [0.25, 0.3) is 0 Å². The second-order valence-electron chi connectivity index (χ2n) is 2.99. The summed E-state index contributed by atoms with van der Waals surface area (Å²) in [5, 5.41) is 4.23. The number of aryl methyl sites for hydroxylation is 2. The van der Waals surface area contributed by atoms with E-state index in [0.29, 0.717) is 0 Å². The maximum absolute atomic E-state index is 4.23. The van der Waals surface area contributed by atoms with Gasteiger partial charge < -0.3 is 0 Å². The third kappa shape index (κ3) is 1.05. The minimum Gasteiger partial charge on any atom is -0.239 e. The molecule has 2 aromatic heterocycles. The lowest BCUT2D eigenvalue weighted by Gasteiger charge is -1.99. The van der Waals surface area contributed by atoms with Crippen LogP contribution >= 0.6 is 15.9 Å². The Bertz CT molecular complexity index is 431. The highest BCUT2D eigenvalue weighted by molar-refractivity contribution is 9.10. The summed E-state index contributed by atoms with van der Waals surface area (Å²) in [5.74, 6) is 0. The Labute approximate surface area is 79.3 Å². The predicted octanol–water partition coefficient (Wildman–Crippen LogP) is 2.71. The molecule has 0 amide bonds. The molecule has 0 saturated heterocycles. The summed E-state index contributed by atoms with van der Waals surface area (Å²) in [6.07, 6.45) is 3.90. The molecule has 0 saturated carbocycles. The molecule has 0 aliphatic carbocycles. The van der Waals surface area contributed by atoms with Crippen molar-refractivity contribution in [3.8, 4) is 0 Å². The van der Waals surface area contributed by atoms with E-state index in [1.807, 2.05) is 16.9 Å². The Morgan fingerprint density at radius 3 is 2.92 bits per heavy atom. The number of hydrogen-bond acceptors (Lipinski definition) is 1.